The Morgan fingerprint density at radius 3 is 2.75 bits per heavy atom. The van der Waals surface area contributed by atoms with E-state index in [4.69, 9.17) is 17.3 Å². The van der Waals surface area contributed by atoms with Gasteiger partial charge in [-0.1, -0.05) is 11.6 Å². The zero-order chi connectivity index (χ0) is 17.1. The molecule has 2 aromatic heterocycles. The summed E-state index contributed by atoms with van der Waals surface area (Å²) >= 11 is 6.09. The summed E-state index contributed by atoms with van der Waals surface area (Å²) in [5, 5.41) is 3.52. The molecule has 3 rings (SSSR count). The molecule has 128 valence electrons. The molecule has 0 bridgehead atoms. The van der Waals surface area contributed by atoms with E-state index in [1.54, 1.807) is 12.3 Å². The highest BCUT2D eigenvalue weighted by Gasteiger charge is 2.24. The van der Waals surface area contributed by atoms with Gasteiger partial charge in [-0.2, -0.15) is 0 Å². The fraction of sp³-hybridized carbons (Fsp3) is 0.438. The Hall–Kier alpha value is -2.12. The number of pyridine rings is 1. The first-order chi connectivity index (χ1) is 11.6. The van der Waals surface area contributed by atoms with Crippen LogP contribution < -0.4 is 16.0 Å². The van der Waals surface area contributed by atoms with E-state index in [9.17, 15) is 0 Å². The lowest BCUT2D eigenvalue weighted by Gasteiger charge is -2.36. The van der Waals surface area contributed by atoms with Crippen LogP contribution in [0.5, 0.6) is 0 Å². The third kappa shape index (κ3) is 3.52. The van der Waals surface area contributed by atoms with Gasteiger partial charge in [0.15, 0.2) is 16.8 Å². The standard InChI is InChI=1S/C16H22ClN7/c1-23-8-5-11(6-9-23)24(2)16-13(18)15(20-10-21-16)22-12-4-3-7-19-14(12)17/h3-4,7,10-11H,5-6,8-9,18H2,1-2H3,(H,20,21,22). The number of anilines is 4. The Morgan fingerprint density at radius 1 is 1.29 bits per heavy atom. The summed E-state index contributed by atoms with van der Waals surface area (Å²) in [7, 11) is 4.18. The number of rotatable bonds is 4. The van der Waals surface area contributed by atoms with E-state index in [2.05, 4.69) is 37.1 Å². The molecular formula is C16H22ClN7. The van der Waals surface area contributed by atoms with E-state index in [1.165, 1.54) is 6.33 Å². The number of aromatic nitrogens is 3. The fourth-order valence-electron chi connectivity index (χ4n) is 2.93. The van der Waals surface area contributed by atoms with Crippen LogP contribution in [0.1, 0.15) is 12.8 Å². The summed E-state index contributed by atoms with van der Waals surface area (Å²) in [6.07, 6.45) is 5.33. The molecule has 0 aliphatic carbocycles. The lowest BCUT2D eigenvalue weighted by molar-refractivity contribution is 0.252. The molecule has 1 aliphatic heterocycles. The maximum absolute atomic E-state index is 6.31. The van der Waals surface area contributed by atoms with Crippen LogP contribution in [-0.2, 0) is 0 Å². The van der Waals surface area contributed by atoms with Gasteiger partial charge in [0, 0.05) is 19.3 Å². The van der Waals surface area contributed by atoms with Crippen LogP contribution in [-0.4, -0.2) is 53.1 Å². The minimum Gasteiger partial charge on any atom is -0.393 e. The number of piperidine rings is 1. The van der Waals surface area contributed by atoms with Gasteiger partial charge in [-0.15, -0.1) is 0 Å². The Bertz CT molecular complexity index is 701. The molecule has 0 atom stereocenters. The van der Waals surface area contributed by atoms with Crippen molar-refractivity contribution >= 4 is 34.6 Å². The van der Waals surface area contributed by atoms with Gasteiger partial charge in [-0.3, -0.25) is 0 Å². The van der Waals surface area contributed by atoms with Gasteiger partial charge in [0.2, 0.25) is 0 Å². The SMILES string of the molecule is CN1CCC(N(C)c2ncnc(Nc3cccnc3Cl)c2N)CC1. The summed E-state index contributed by atoms with van der Waals surface area (Å²) in [6, 6.07) is 4.06. The number of nitrogen functional groups attached to an aromatic ring is 1. The van der Waals surface area contributed by atoms with Crippen LogP contribution in [0, 0.1) is 0 Å². The van der Waals surface area contributed by atoms with Gasteiger partial charge in [0.1, 0.15) is 12.0 Å². The van der Waals surface area contributed by atoms with Crippen LogP contribution >= 0.6 is 11.6 Å². The summed E-state index contributed by atoms with van der Waals surface area (Å²) < 4.78 is 0. The van der Waals surface area contributed by atoms with Crippen molar-refractivity contribution in [3.8, 4) is 0 Å². The van der Waals surface area contributed by atoms with Gasteiger partial charge in [-0.05, 0) is 45.1 Å². The predicted molar refractivity (Wildman–Crippen MR) is 97.9 cm³/mol. The lowest BCUT2D eigenvalue weighted by atomic mass is 10.0. The number of nitrogens with two attached hydrogens (primary N) is 1. The smallest absolute Gasteiger partial charge is 0.159 e. The third-order valence-electron chi connectivity index (χ3n) is 4.44. The molecule has 1 aliphatic rings. The number of likely N-dealkylation sites (tertiary alicyclic amines) is 1. The highest BCUT2D eigenvalue weighted by atomic mass is 35.5. The van der Waals surface area contributed by atoms with E-state index in [-0.39, 0.29) is 0 Å². The average molecular weight is 348 g/mol. The summed E-state index contributed by atoms with van der Waals surface area (Å²) in [6.45, 7) is 2.16. The van der Waals surface area contributed by atoms with Gasteiger partial charge < -0.3 is 20.9 Å². The van der Waals surface area contributed by atoms with Crippen molar-refractivity contribution in [3.63, 3.8) is 0 Å². The molecular weight excluding hydrogens is 326 g/mol. The molecule has 0 spiro atoms. The molecule has 2 aromatic rings. The quantitative estimate of drug-likeness (QED) is 0.821. The molecule has 1 saturated heterocycles. The molecule has 0 amide bonds. The molecule has 0 saturated carbocycles. The Morgan fingerprint density at radius 2 is 2.04 bits per heavy atom. The first-order valence-electron chi connectivity index (χ1n) is 7.95. The van der Waals surface area contributed by atoms with Crippen molar-refractivity contribution in [2.45, 2.75) is 18.9 Å². The van der Waals surface area contributed by atoms with Gasteiger partial charge in [0.25, 0.3) is 0 Å². The summed E-state index contributed by atoms with van der Waals surface area (Å²) in [5.41, 5.74) is 7.49. The van der Waals surface area contributed by atoms with Crippen molar-refractivity contribution in [1.82, 2.24) is 19.9 Å². The molecule has 0 unspecified atom stereocenters. The summed E-state index contributed by atoms with van der Waals surface area (Å²) in [5.74, 6) is 1.27. The van der Waals surface area contributed by atoms with Crippen LogP contribution in [0.15, 0.2) is 24.7 Å². The minimum atomic E-state index is 0.376. The number of halogens is 1. The van der Waals surface area contributed by atoms with Crippen LogP contribution in [0.2, 0.25) is 5.15 Å². The van der Waals surface area contributed by atoms with Crippen LogP contribution in [0.25, 0.3) is 0 Å². The Kier molecular flexibility index (Phi) is 5.01. The van der Waals surface area contributed by atoms with E-state index < -0.39 is 0 Å². The molecule has 7 nitrogen and oxygen atoms in total. The van der Waals surface area contributed by atoms with Crippen molar-refractivity contribution in [2.24, 2.45) is 0 Å². The number of nitrogens with zero attached hydrogens (tertiary/aromatic N) is 5. The first-order valence-corrected chi connectivity index (χ1v) is 8.33. The highest BCUT2D eigenvalue weighted by molar-refractivity contribution is 6.32. The minimum absolute atomic E-state index is 0.376. The molecule has 8 heteroatoms. The summed E-state index contributed by atoms with van der Waals surface area (Å²) in [4.78, 5) is 17.2. The molecule has 3 heterocycles. The van der Waals surface area contributed by atoms with Gasteiger partial charge >= 0.3 is 0 Å². The van der Waals surface area contributed by atoms with Crippen LogP contribution in [0.3, 0.4) is 0 Å². The maximum atomic E-state index is 6.31. The zero-order valence-corrected chi connectivity index (χ0v) is 14.7. The van der Waals surface area contributed by atoms with Crippen molar-refractivity contribution in [3.05, 3.63) is 29.8 Å². The van der Waals surface area contributed by atoms with Crippen molar-refractivity contribution < 1.29 is 0 Å². The third-order valence-corrected chi connectivity index (χ3v) is 4.75. The monoisotopic (exact) mass is 347 g/mol. The number of hydrogen-bond donors (Lipinski definition) is 2. The Balaban J connectivity index is 1.81. The predicted octanol–water partition coefficient (Wildman–Crippen LogP) is 2.38. The lowest BCUT2D eigenvalue weighted by Crippen LogP contribution is -2.42. The average Bonchev–Trinajstić information content (AvgIpc) is 2.59. The number of hydrogen-bond acceptors (Lipinski definition) is 7. The topological polar surface area (TPSA) is 83.2 Å². The first kappa shape index (κ1) is 16.7. The van der Waals surface area contributed by atoms with E-state index in [0.29, 0.717) is 28.4 Å². The molecule has 24 heavy (non-hydrogen) atoms. The maximum Gasteiger partial charge on any atom is 0.159 e. The second kappa shape index (κ2) is 7.19. The molecule has 1 fully saturated rings. The van der Waals surface area contributed by atoms with Crippen molar-refractivity contribution in [2.75, 3.05) is 43.1 Å². The zero-order valence-electron chi connectivity index (χ0n) is 13.9. The van der Waals surface area contributed by atoms with Gasteiger partial charge in [-0.25, -0.2) is 15.0 Å². The second-order valence-corrected chi connectivity index (χ2v) is 6.43. The Labute approximate surface area is 146 Å². The fourth-order valence-corrected chi connectivity index (χ4v) is 3.10. The van der Waals surface area contributed by atoms with Crippen molar-refractivity contribution in [1.29, 1.82) is 0 Å². The normalized spacial score (nSPS) is 16.1. The molecule has 3 N–H and O–H groups in total. The van der Waals surface area contributed by atoms with E-state index in [1.807, 2.05) is 13.1 Å². The van der Waals surface area contributed by atoms with Gasteiger partial charge in [0.05, 0.1) is 5.69 Å². The van der Waals surface area contributed by atoms with E-state index in [0.717, 1.165) is 31.7 Å². The molecule has 0 radical (unpaired) electrons. The number of nitrogens with one attached hydrogen (secondary N) is 1. The highest BCUT2D eigenvalue weighted by Crippen LogP contribution is 2.31. The van der Waals surface area contributed by atoms with E-state index >= 15 is 0 Å². The molecule has 0 aromatic carbocycles. The van der Waals surface area contributed by atoms with Crippen LogP contribution in [0.4, 0.5) is 23.0 Å². The largest absolute Gasteiger partial charge is 0.393 e. The second-order valence-electron chi connectivity index (χ2n) is 6.07.